The van der Waals surface area contributed by atoms with E-state index in [2.05, 4.69) is 0 Å². The summed E-state index contributed by atoms with van der Waals surface area (Å²) in [6, 6.07) is 0.286. The molecule has 0 radical (unpaired) electrons. The molecule has 0 aromatic rings. The van der Waals surface area contributed by atoms with Crippen molar-refractivity contribution >= 4 is 5.91 Å². The summed E-state index contributed by atoms with van der Waals surface area (Å²) in [6.45, 7) is 10.8. The van der Waals surface area contributed by atoms with Gasteiger partial charge >= 0.3 is 0 Å². The van der Waals surface area contributed by atoms with Crippen LogP contribution in [0.2, 0.25) is 0 Å². The molecule has 0 aliphatic carbocycles. The van der Waals surface area contributed by atoms with Crippen LogP contribution in [0.3, 0.4) is 0 Å². The topological polar surface area (TPSA) is 46.3 Å². The van der Waals surface area contributed by atoms with E-state index >= 15 is 0 Å². The van der Waals surface area contributed by atoms with Crippen molar-refractivity contribution in [2.24, 2.45) is 5.73 Å². The van der Waals surface area contributed by atoms with E-state index in [1.165, 1.54) is 0 Å². The van der Waals surface area contributed by atoms with E-state index in [1.54, 1.807) is 0 Å². The fraction of sp³-hybridized carbons (Fsp3) is 0.909. The summed E-state index contributed by atoms with van der Waals surface area (Å²) < 4.78 is 0. The lowest BCUT2D eigenvalue weighted by atomic mass is 9.99. The lowest BCUT2D eigenvalue weighted by Crippen LogP contribution is -2.39. The van der Waals surface area contributed by atoms with E-state index in [1.807, 2.05) is 39.5 Å². The maximum atomic E-state index is 11.7. The van der Waals surface area contributed by atoms with Gasteiger partial charge in [-0.15, -0.1) is 0 Å². The summed E-state index contributed by atoms with van der Waals surface area (Å²) in [5, 5.41) is 0. The number of nitrogens with zero attached hydrogens (tertiary/aromatic N) is 1. The van der Waals surface area contributed by atoms with E-state index in [0.717, 1.165) is 13.0 Å². The molecule has 0 saturated carbocycles. The molecule has 14 heavy (non-hydrogen) atoms. The molecule has 1 amide bonds. The van der Waals surface area contributed by atoms with E-state index in [9.17, 15) is 4.79 Å². The van der Waals surface area contributed by atoms with Crippen molar-refractivity contribution in [1.29, 1.82) is 0 Å². The summed E-state index contributed by atoms with van der Waals surface area (Å²) in [7, 11) is 0. The Labute approximate surface area is 87.6 Å². The van der Waals surface area contributed by atoms with Crippen LogP contribution in [0.15, 0.2) is 0 Å². The van der Waals surface area contributed by atoms with Crippen LogP contribution in [-0.4, -0.2) is 28.9 Å². The van der Waals surface area contributed by atoms with Gasteiger partial charge in [0.25, 0.3) is 0 Å². The number of carbonyl (C=O) groups excluding carboxylic acids is 1. The number of hydrogen-bond acceptors (Lipinski definition) is 2. The minimum Gasteiger partial charge on any atom is -0.341 e. The zero-order valence-electron chi connectivity index (χ0n) is 10.1. The third-order valence-electron chi connectivity index (χ3n) is 2.27. The molecule has 0 aliphatic heterocycles. The fourth-order valence-electron chi connectivity index (χ4n) is 1.40. The van der Waals surface area contributed by atoms with Crippen LogP contribution in [0.5, 0.6) is 0 Å². The van der Waals surface area contributed by atoms with Gasteiger partial charge in [0.2, 0.25) is 5.91 Å². The third kappa shape index (κ3) is 5.22. The predicted molar refractivity (Wildman–Crippen MR) is 60.0 cm³/mol. The number of rotatable bonds is 5. The Morgan fingerprint density at radius 3 is 2.21 bits per heavy atom. The van der Waals surface area contributed by atoms with Crippen molar-refractivity contribution < 1.29 is 4.79 Å². The van der Waals surface area contributed by atoms with Gasteiger partial charge in [0.1, 0.15) is 0 Å². The molecule has 0 aromatic heterocycles. The van der Waals surface area contributed by atoms with Crippen molar-refractivity contribution in [2.45, 2.75) is 59.0 Å². The summed E-state index contributed by atoms with van der Waals surface area (Å²) >= 11 is 0. The summed E-state index contributed by atoms with van der Waals surface area (Å²) in [5.41, 5.74) is 5.59. The highest BCUT2D eigenvalue weighted by molar-refractivity contribution is 5.76. The number of amides is 1. The zero-order valence-corrected chi connectivity index (χ0v) is 10.1. The minimum absolute atomic E-state index is 0.209. The van der Waals surface area contributed by atoms with Crippen molar-refractivity contribution in [3.8, 4) is 0 Å². The Morgan fingerprint density at radius 1 is 1.43 bits per heavy atom. The van der Waals surface area contributed by atoms with Gasteiger partial charge < -0.3 is 10.6 Å². The van der Waals surface area contributed by atoms with Gasteiger partial charge in [-0.1, -0.05) is 0 Å². The number of nitrogens with two attached hydrogens (primary N) is 1. The SMILES string of the molecule is CCN(C(=O)CCC(C)(C)N)C(C)C. The second-order valence-electron chi connectivity index (χ2n) is 4.76. The molecule has 0 aromatic carbocycles. The minimum atomic E-state index is -0.244. The molecule has 0 bridgehead atoms. The van der Waals surface area contributed by atoms with E-state index < -0.39 is 0 Å². The molecule has 0 spiro atoms. The van der Waals surface area contributed by atoms with Crippen LogP contribution < -0.4 is 5.73 Å². The second kappa shape index (κ2) is 5.35. The molecule has 0 atom stereocenters. The van der Waals surface area contributed by atoms with E-state index in [4.69, 9.17) is 5.73 Å². The molecule has 3 heteroatoms. The van der Waals surface area contributed by atoms with Gasteiger partial charge in [0.15, 0.2) is 0 Å². The van der Waals surface area contributed by atoms with Crippen molar-refractivity contribution in [2.75, 3.05) is 6.54 Å². The van der Waals surface area contributed by atoms with Crippen LogP contribution in [0.4, 0.5) is 0 Å². The highest BCUT2D eigenvalue weighted by atomic mass is 16.2. The first kappa shape index (κ1) is 13.4. The Balaban J connectivity index is 4.06. The molecule has 0 heterocycles. The van der Waals surface area contributed by atoms with Crippen LogP contribution in [-0.2, 0) is 4.79 Å². The first-order valence-electron chi connectivity index (χ1n) is 5.36. The van der Waals surface area contributed by atoms with Gasteiger partial charge in [-0.25, -0.2) is 0 Å². The zero-order chi connectivity index (χ0) is 11.4. The normalized spacial score (nSPS) is 11.9. The third-order valence-corrected chi connectivity index (χ3v) is 2.27. The lowest BCUT2D eigenvalue weighted by molar-refractivity contribution is -0.133. The fourth-order valence-corrected chi connectivity index (χ4v) is 1.40. The number of hydrogen-bond donors (Lipinski definition) is 1. The van der Waals surface area contributed by atoms with Gasteiger partial charge in [-0.2, -0.15) is 0 Å². The molecule has 0 aliphatic rings. The molecule has 0 saturated heterocycles. The van der Waals surface area contributed by atoms with Crippen molar-refractivity contribution in [3.05, 3.63) is 0 Å². The summed E-state index contributed by atoms with van der Waals surface area (Å²) in [4.78, 5) is 13.6. The molecular weight excluding hydrogens is 176 g/mol. The highest BCUT2D eigenvalue weighted by Crippen LogP contribution is 2.10. The van der Waals surface area contributed by atoms with Gasteiger partial charge in [0.05, 0.1) is 0 Å². The molecule has 0 unspecified atom stereocenters. The summed E-state index contributed by atoms with van der Waals surface area (Å²) in [6.07, 6.45) is 1.30. The standard InChI is InChI=1S/C11H24N2O/c1-6-13(9(2)3)10(14)7-8-11(4,5)12/h9H,6-8,12H2,1-5H3. The number of carbonyl (C=O) groups is 1. The predicted octanol–water partition coefficient (Wildman–Crippen LogP) is 1.76. The monoisotopic (exact) mass is 200 g/mol. The highest BCUT2D eigenvalue weighted by Gasteiger charge is 2.18. The van der Waals surface area contributed by atoms with Crippen LogP contribution in [0, 0.1) is 0 Å². The smallest absolute Gasteiger partial charge is 0.222 e. The molecule has 0 fully saturated rings. The maximum absolute atomic E-state index is 11.7. The summed E-state index contributed by atoms with van der Waals surface area (Å²) in [5.74, 6) is 0.209. The Hall–Kier alpha value is -0.570. The van der Waals surface area contributed by atoms with E-state index in [0.29, 0.717) is 6.42 Å². The molecule has 2 N–H and O–H groups in total. The molecule has 84 valence electrons. The van der Waals surface area contributed by atoms with Crippen LogP contribution in [0.25, 0.3) is 0 Å². The van der Waals surface area contributed by atoms with Gasteiger partial charge in [-0.3, -0.25) is 4.79 Å². The molecule has 0 rings (SSSR count). The van der Waals surface area contributed by atoms with E-state index in [-0.39, 0.29) is 17.5 Å². The van der Waals surface area contributed by atoms with Crippen LogP contribution >= 0.6 is 0 Å². The first-order chi connectivity index (χ1) is 6.28. The first-order valence-corrected chi connectivity index (χ1v) is 5.36. The van der Waals surface area contributed by atoms with Gasteiger partial charge in [0, 0.05) is 24.5 Å². The Kier molecular flexibility index (Phi) is 5.13. The van der Waals surface area contributed by atoms with Gasteiger partial charge in [-0.05, 0) is 41.0 Å². The second-order valence-corrected chi connectivity index (χ2v) is 4.76. The largest absolute Gasteiger partial charge is 0.341 e. The van der Waals surface area contributed by atoms with Crippen molar-refractivity contribution in [3.63, 3.8) is 0 Å². The maximum Gasteiger partial charge on any atom is 0.222 e. The van der Waals surface area contributed by atoms with Crippen LogP contribution in [0.1, 0.15) is 47.5 Å². The Morgan fingerprint density at radius 2 is 1.93 bits per heavy atom. The lowest BCUT2D eigenvalue weighted by Gasteiger charge is -2.27. The Bertz CT molecular complexity index is 182. The van der Waals surface area contributed by atoms with Crippen molar-refractivity contribution in [1.82, 2.24) is 4.90 Å². The molecule has 3 nitrogen and oxygen atoms in total. The molecular formula is C11H24N2O. The average molecular weight is 200 g/mol. The average Bonchev–Trinajstić information content (AvgIpc) is 2.00. The quantitative estimate of drug-likeness (QED) is 0.735.